The molecule has 0 radical (unpaired) electrons. The first-order valence-corrected chi connectivity index (χ1v) is 9.02. The summed E-state index contributed by atoms with van der Waals surface area (Å²) in [6, 6.07) is 16.4. The first-order valence-electron chi connectivity index (χ1n) is 8.17. The minimum Gasteiger partial charge on any atom is -0.412 e. The van der Waals surface area contributed by atoms with Gasteiger partial charge in [-0.2, -0.15) is 0 Å². The molecule has 0 heterocycles. The van der Waals surface area contributed by atoms with Gasteiger partial charge in [0, 0.05) is 0 Å². The molecular formula is C20H30CoO4. The van der Waals surface area contributed by atoms with Gasteiger partial charge in [0.05, 0.1) is 0 Å². The Morgan fingerprint density at radius 1 is 0.680 bits per heavy atom. The van der Waals surface area contributed by atoms with E-state index in [1.807, 2.05) is 24.3 Å². The first-order chi connectivity index (χ1) is 11.1. The van der Waals surface area contributed by atoms with Crippen molar-refractivity contribution in [1.29, 1.82) is 0 Å². The Morgan fingerprint density at radius 3 is 1.40 bits per heavy atom. The van der Waals surface area contributed by atoms with Crippen molar-refractivity contribution in [2.24, 2.45) is 11.8 Å². The van der Waals surface area contributed by atoms with Gasteiger partial charge in [-0.25, -0.2) is 0 Å². The summed E-state index contributed by atoms with van der Waals surface area (Å²) in [6.45, 7) is 8.86. The summed E-state index contributed by atoms with van der Waals surface area (Å²) in [5, 5.41) is 0. The molecule has 0 aliphatic heterocycles. The second-order valence-corrected chi connectivity index (χ2v) is 7.20. The van der Waals surface area contributed by atoms with Gasteiger partial charge in [0.2, 0.25) is 0 Å². The molecule has 0 saturated carbocycles. The predicted octanol–water partition coefficient (Wildman–Crippen LogP) is 3.80. The molecular weight excluding hydrogens is 363 g/mol. The molecule has 0 spiro atoms. The average Bonchev–Trinajstić information content (AvgIpc) is 2.49. The minimum absolute atomic E-state index is 0. The Morgan fingerprint density at radius 2 is 1.04 bits per heavy atom. The molecule has 0 fully saturated rings. The minimum atomic E-state index is 0. The second-order valence-electron chi connectivity index (χ2n) is 6.60. The van der Waals surface area contributed by atoms with E-state index >= 15 is 0 Å². The Bertz CT molecular complexity index is 561. The van der Waals surface area contributed by atoms with Crippen LogP contribution in [-0.4, -0.2) is 11.0 Å². The summed E-state index contributed by atoms with van der Waals surface area (Å²) in [4.78, 5) is 0. The van der Waals surface area contributed by atoms with Crippen molar-refractivity contribution >= 4 is 0 Å². The zero-order valence-electron chi connectivity index (χ0n) is 15.3. The maximum Gasteiger partial charge on any atom is -0.412 e. The number of benzene rings is 2. The van der Waals surface area contributed by atoms with Crippen LogP contribution in [0, 0.1) is 11.8 Å². The molecule has 2 aromatic rings. The summed E-state index contributed by atoms with van der Waals surface area (Å²) >= 11 is 0.541. The first kappa shape index (κ1) is 23.5. The second kappa shape index (κ2) is 11.9. The SMILES string of the molecule is CC(C)Cc1ccccc1[O][Co][O]c1ccccc1CC(C)C.O.O. The molecule has 0 aliphatic carbocycles. The molecule has 0 aromatic heterocycles. The Labute approximate surface area is 157 Å². The normalized spacial score (nSPS) is 10.3. The molecule has 5 heteroatoms. The molecule has 0 unspecified atom stereocenters. The topological polar surface area (TPSA) is 81.5 Å². The molecule has 0 bridgehead atoms. The van der Waals surface area contributed by atoms with Crippen molar-refractivity contribution in [2.75, 3.05) is 0 Å². The van der Waals surface area contributed by atoms with Gasteiger partial charge in [0.25, 0.3) is 0 Å². The summed E-state index contributed by atoms with van der Waals surface area (Å²) in [7, 11) is 0. The van der Waals surface area contributed by atoms with E-state index in [4.69, 9.17) is 7.70 Å². The van der Waals surface area contributed by atoms with E-state index in [0.717, 1.165) is 24.3 Å². The Balaban J connectivity index is 0.00000288. The third-order valence-electron chi connectivity index (χ3n) is 3.40. The molecule has 4 nitrogen and oxygen atoms in total. The summed E-state index contributed by atoms with van der Waals surface area (Å²) in [6.07, 6.45) is 2.02. The quantitative estimate of drug-likeness (QED) is 0.683. The summed E-state index contributed by atoms with van der Waals surface area (Å²) < 4.78 is 11.7. The molecule has 0 atom stereocenters. The zero-order valence-corrected chi connectivity index (χ0v) is 16.4. The van der Waals surface area contributed by atoms with Gasteiger partial charge in [0.15, 0.2) is 0 Å². The van der Waals surface area contributed by atoms with Crippen molar-refractivity contribution < 1.29 is 34.0 Å². The molecule has 2 rings (SSSR count). The van der Waals surface area contributed by atoms with Gasteiger partial charge in [-0.15, -0.1) is 0 Å². The molecule has 2 aromatic carbocycles. The van der Waals surface area contributed by atoms with E-state index in [0.29, 0.717) is 27.2 Å². The molecule has 143 valence electrons. The molecule has 0 amide bonds. The van der Waals surface area contributed by atoms with Crippen LogP contribution in [0.5, 0.6) is 11.5 Å². The summed E-state index contributed by atoms with van der Waals surface area (Å²) in [5.74, 6) is 3.01. The van der Waals surface area contributed by atoms with Crippen LogP contribution in [0.4, 0.5) is 0 Å². The van der Waals surface area contributed by atoms with E-state index in [1.54, 1.807) is 0 Å². The van der Waals surface area contributed by atoms with Crippen LogP contribution in [-0.2, 0) is 28.2 Å². The van der Waals surface area contributed by atoms with E-state index < -0.39 is 0 Å². The van der Waals surface area contributed by atoms with Crippen LogP contribution in [0.3, 0.4) is 0 Å². The predicted molar refractivity (Wildman–Crippen MR) is 98.5 cm³/mol. The van der Waals surface area contributed by atoms with Crippen LogP contribution in [0.2, 0.25) is 0 Å². The van der Waals surface area contributed by atoms with Crippen LogP contribution < -0.4 is 7.70 Å². The standard InChI is InChI=1S/2C10H14O.Co.2H2O/c2*1-8(2)7-9-5-3-4-6-10(9)11;;;/h2*3-6,8,11H,7H2,1-2H3;;2*1H2/q;;+2;;/p-2. The van der Waals surface area contributed by atoms with Gasteiger partial charge >= 0.3 is 147 Å². The average molecular weight is 393 g/mol. The fourth-order valence-corrected chi connectivity index (χ4v) is 3.08. The Hall–Kier alpha value is -1.53. The molecule has 25 heavy (non-hydrogen) atoms. The third kappa shape index (κ3) is 7.92. The molecule has 0 saturated heterocycles. The van der Waals surface area contributed by atoms with Crippen molar-refractivity contribution in [3.63, 3.8) is 0 Å². The van der Waals surface area contributed by atoms with Crippen molar-refractivity contribution in [1.82, 2.24) is 0 Å². The zero-order chi connectivity index (χ0) is 16.7. The van der Waals surface area contributed by atoms with Crippen LogP contribution in [0.1, 0.15) is 38.8 Å². The van der Waals surface area contributed by atoms with Gasteiger partial charge in [-0.3, -0.25) is 0 Å². The third-order valence-corrected chi connectivity index (χ3v) is 4.04. The Kier molecular flexibility index (Phi) is 11.2. The fraction of sp³-hybridized carbons (Fsp3) is 0.400. The van der Waals surface area contributed by atoms with Crippen LogP contribution in [0.15, 0.2) is 48.5 Å². The number of rotatable bonds is 8. The van der Waals surface area contributed by atoms with Gasteiger partial charge < -0.3 is 11.0 Å². The molecule has 4 N–H and O–H groups in total. The largest absolute Gasteiger partial charge is 0.412 e. The maximum absolute atomic E-state index is 5.85. The van der Waals surface area contributed by atoms with Crippen molar-refractivity contribution in [2.45, 2.75) is 40.5 Å². The van der Waals surface area contributed by atoms with Crippen LogP contribution in [0.25, 0.3) is 0 Å². The van der Waals surface area contributed by atoms with Crippen molar-refractivity contribution in [3.8, 4) is 11.5 Å². The van der Waals surface area contributed by atoms with Gasteiger partial charge in [-0.1, -0.05) is 0 Å². The van der Waals surface area contributed by atoms with E-state index in [-0.39, 0.29) is 11.0 Å². The smallest absolute Gasteiger partial charge is 0.412 e. The van der Waals surface area contributed by atoms with Gasteiger partial charge in [-0.05, 0) is 0 Å². The fourth-order valence-electron chi connectivity index (χ4n) is 2.43. The van der Waals surface area contributed by atoms with Gasteiger partial charge in [0.1, 0.15) is 0 Å². The monoisotopic (exact) mass is 393 g/mol. The van der Waals surface area contributed by atoms with E-state index in [9.17, 15) is 0 Å². The number of hydrogen-bond acceptors (Lipinski definition) is 2. The maximum atomic E-state index is 5.85. The summed E-state index contributed by atoms with van der Waals surface area (Å²) in [5.41, 5.74) is 2.46. The number of para-hydroxylation sites is 2. The van der Waals surface area contributed by atoms with Crippen molar-refractivity contribution in [3.05, 3.63) is 59.7 Å². The van der Waals surface area contributed by atoms with E-state index in [2.05, 4.69) is 52.0 Å². The van der Waals surface area contributed by atoms with Crippen LogP contribution >= 0.6 is 0 Å². The van der Waals surface area contributed by atoms with E-state index in [1.165, 1.54) is 11.1 Å². The molecule has 0 aliphatic rings. The number of hydrogen-bond donors (Lipinski definition) is 0.